The standard InChI is InChI=1S/C12H12F2N4O/c1-2-19-12-10(15)11(16-6-17-12)18-9-5-7(13)3-4-8(9)14/h3-6H,2,15H2,1H3,(H,16,17,18). The van der Waals surface area contributed by atoms with E-state index < -0.39 is 11.6 Å². The second-order valence-corrected chi connectivity index (χ2v) is 3.62. The molecule has 0 aliphatic carbocycles. The van der Waals surface area contributed by atoms with Crippen molar-refractivity contribution in [3.8, 4) is 5.88 Å². The molecule has 2 rings (SSSR count). The van der Waals surface area contributed by atoms with Crippen LogP contribution in [-0.2, 0) is 0 Å². The first-order valence-corrected chi connectivity index (χ1v) is 5.57. The van der Waals surface area contributed by atoms with Crippen molar-refractivity contribution >= 4 is 17.2 Å². The van der Waals surface area contributed by atoms with Gasteiger partial charge >= 0.3 is 0 Å². The molecule has 0 aliphatic rings. The zero-order valence-electron chi connectivity index (χ0n) is 10.2. The third kappa shape index (κ3) is 2.87. The lowest BCUT2D eigenvalue weighted by atomic mass is 10.3. The molecule has 3 N–H and O–H groups in total. The third-order valence-electron chi connectivity index (χ3n) is 2.31. The number of halogens is 2. The molecule has 7 heteroatoms. The Morgan fingerprint density at radius 1 is 1.32 bits per heavy atom. The number of nitrogens with zero attached hydrogens (tertiary/aromatic N) is 2. The molecule has 0 fully saturated rings. The number of hydrogen-bond donors (Lipinski definition) is 2. The third-order valence-corrected chi connectivity index (χ3v) is 2.31. The normalized spacial score (nSPS) is 10.3. The first kappa shape index (κ1) is 13.0. The highest BCUT2D eigenvalue weighted by molar-refractivity contribution is 5.72. The Morgan fingerprint density at radius 3 is 2.84 bits per heavy atom. The largest absolute Gasteiger partial charge is 0.476 e. The second-order valence-electron chi connectivity index (χ2n) is 3.62. The molecule has 0 unspecified atom stereocenters. The van der Waals surface area contributed by atoms with Crippen molar-refractivity contribution in [3.63, 3.8) is 0 Å². The Hall–Kier alpha value is -2.44. The van der Waals surface area contributed by atoms with Crippen LogP contribution in [0.1, 0.15) is 6.92 Å². The number of aromatic nitrogens is 2. The molecule has 0 amide bonds. The number of nitrogen functional groups attached to an aromatic ring is 1. The number of benzene rings is 1. The molecule has 0 atom stereocenters. The number of anilines is 3. The first-order valence-electron chi connectivity index (χ1n) is 5.57. The maximum atomic E-state index is 13.5. The summed E-state index contributed by atoms with van der Waals surface area (Å²) in [5.41, 5.74) is 5.85. The minimum Gasteiger partial charge on any atom is -0.476 e. The highest BCUT2D eigenvalue weighted by atomic mass is 19.1. The summed E-state index contributed by atoms with van der Waals surface area (Å²) in [4.78, 5) is 7.72. The summed E-state index contributed by atoms with van der Waals surface area (Å²) in [6.07, 6.45) is 1.22. The number of nitrogens with one attached hydrogen (secondary N) is 1. The highest BCUT2D eigenvalue weighted by Crippen LogP contribution is 2.28. The van der Waals surface area contributed by atoms with Crippen LogP contribution in [0, 0.1) is 11.6 Å². The van der Waals surface area contributed by atoms with Gasteiger partial charge in [-0.25, -0.2) is 13.8 Å². The summed E-state index contributed by atoms with van der Waals surface area (Å²) < 4.78 is 31.7. The molecule has 0 saturated heterocycles. The molecular weight excluding hydrogens is 254 g/mol. The molecule has 0 saturated carbocycles. The molecule has 0 spiro atoms. The molecule has 19 heavy (non-hydrogen) atoms. The minimum atomic E-state index is -0.614. The van der Waals surface area contributed by atoms with Crippen LogP contribution in [-0.4, -0.2) is 16.6 Å². The van der Waals surface area contributed by atoms with Crippen LogP contribution in [0.25, 0.3) is 0 Å². The van der Waals surface area contributed by atoms with Crippen molar-refractivity contribution in [1.82, 2.24) is 9.97 Å². The van der Waals surface area contributed by atoms with E-state index in [1.54, 1.807) is 6.92 Å². The van der Waals surface area contributed by atoms with Gasteiger partial charge in [0.05, 0.1) is 12.3 Å². The van der Waals surface area contributed by atoms with Gasteiger partial charge in [-0.3, -0.25) is 0 Å². The van der Waals surface area contributed by atoms with Crippen molar-refractivity contribution in [2.75, 3.05) is 17.7 Å². The summed E-state index contributed by atoms with van der Waals surface area (Å²) in [5.74, 6) is -0.835. The van der Waals surface area contributed by atoms with E-state index in [1.165, 1.54) is 6.33 Å². The quantitative estimate of drug-likeness (QED) is 0.889. The maximum Gasteiger partial charge on any atom is 0.242 e. The van der Waals surface area contributed by atoms with Crippen LogP contribution in [0.4, 0.5) is 26.0 Å². The van der Waals surface area contributed by atoms with Crippen LogP contribution in [0.15, 0.2) is 24.5 Å². The van der Waals surface area contributed by atoms with E-state index in [0.717, 1.165) is 18.2 Å². The lowest BCUT2D eigenvalue weighted by Crippen LogP contribution is -2.05. The SMILES string of the molecule is CCOc1ncnc(Nc2cc(F)ccc2F)c1N. The van der Waals surface area contributed by atoms with Crippen LogP contribution < -0.4 is 15.8 Å². The fourth-order valence-electron chi connectivity index (χ4n) is 1.45. The molecule has 100 valence electrons. The number of nitrogens with two attached hydrogens (primary N) is 1. The van der Waals surface area contributed by atoms with Gasteiger partial charge < -0.3 is 15.8 Å². The summed E-state index contributed by atoms with van der Waals surface area (Å²) >= 11 is 0. The second kappa shape index (κ2) is 5.47. The lowest BCUT2D eigenvalue weighted by Gasteiger charge is -2.11. The van der Waals surface area contributed by atoms with Crippen molar-refractivity contribution in [1.29, 1.82) is 0 Å². The zero-order chi connectivity index (χ0) is 13.8. The van der Waals surface area contributed by atoms with Crippen molar-refractivity contribution in [3.05, 3.63) is 36.2 Å². The summed E-state index contributed by atoms with van der Waals surface area (Å²) in [5, 5.41) is 2.61. The Bertz CT molecular complexity index is 592. The van der Waals surface area contributed by atoms with Gasteiger partial charge in [0.1, 0.15) is 23.6 Å². The summed E-state index contributed by atoms with van der Waals surface area (Å²) in [7, 11) is 0. The summed E-state index contributed by atoms with van der Waals surface area (Å²) in [6.45, 7) is 2.16. The van der Waals surface area contributed by atoms with Crippen LogP contribution in [0.5, 0.6) is 5.88 Å². The Morgan fingerprint density at radius 2 is 2.11 bits per heavy atom. The van der Waals surface area contributed by atoms with Gasteiger partial charge in [-0.15, -0.1) is 0 Å². The van der Waals surface area contributed by atoms with E-state index in [0.29, 0.717) is 6.61 Å². The highest BCUT2D eigenvalue weighted by Gasteiger charge is 2.11. The van der Waals surface area contributed by atoms with Crippen LogP contribution in [0.2, 0.25) is 0 Å². The average Bonchev–Trinajstić information content (AvgIpc) is 2.39. The number of ether oxygens (including phenoxy) is 1. The molecule has 2 aromatic rings. The van der Waals surface area contributed by atoms with Crippen LogP contribution >= 0.6 is 0 Å². The van der Waals surface area contributed by atoms with Crippen molar-refractivity contribution < 1.29 is 13.5 Å². The van der Waals surface area contributed by atoms with E-state index in [1.807, 2.05) is 0 Å². The molecule has 1 aromatic carbocycles. The van der Waals surface area contributed by atoms with E-state index >= 15 is 0 Å². The molecule has 5 nitrogen and oxygen atoms in total. The number of hydrogen-bond acceptors (Lipinski definition) is 5. The zero-order valence-corrected chi connectivity index (χ0v) is 10.2. The Kier molecular flexibility index (Phi) is 3.74. The fraction of sp³-hybridized carbons (Fsp3) is 0.167. The van der Waals surface area contributed by atoms with Gasteiger partial charge in [-0.05, 0) is 19.1 Å². The molecule has 1 heterocycles. The van der Waals surface area contributed by atoms with Crippen molar-refractivity contribution in [2.24, 2.45) is 0 Å². The molecule has 0 bridgehead atoms. The Balaban J connectivity index is 2.33. The van der Waals surface area contributed by atoms with Gasteiger partial charge in [0.15, 0.2) is 5.82 Å². The molecule has 0 radical (unpaired) electrons. The first-order chi connectivity index (χ1) is 9.11. The van der Waals surface area contributed by atoms with Gasteiger partial charge in [0.25, 0.3) is 0 Å². The molecule has 0 aliphatic heterocycles. The minimum absolute atomic E-state index is 0.0622. The monoisotopic (exact) mass is 266 g/mol. The predicted octanol–water partition coefficient (Wildman–Crippen LogP) is 2.48. The van der Waals surface area contributed by atoms with Gasteiger partial charge in [-0.2, -0.15) is 4.98 Å². The van der Waals surface area contributed by atoms with E-state index in [-0.39, 0.29) is 23.1 Å². The predicted molar refractivity (Wildman–Crippen MR) is 67.3 cm³/mol. The van der Waals surface area contributed by atoms with E-state index in [2.05, 4.69) is 15.3 Å². The van der Waals surface area contributed by atoms with E-state index in [9.17, 15) is 8.78 Å². The van der Waals surface area contributed by atoms with Crippen LogP contribution in [0.3, 0.4) is 0 Å². The summed E-state index contributed by atoms with van der Waals surface area (Å²) in [6, 6.07) is 3.05. The Labute approximate surface area is 108 Å². The lowest BCUT2D eigenvalue weighted by molar-refractivity contribution is 0.328. The van der Waals surface area contributed by atoms with Gasteiger partial charge in [-0.1, -0.05) is 0 Å². The average molecular weight is 266 g/mol. The topological polar surface area (TPSA) is 73.1 Å². The van der Waals surface area contributed by atoms with Gasteiger partial charge in [0, 0.05) is 6.07 Å². The fourth-order valence-corrected chi connectivity index (χ4v) is 1.45. The molecular formula is C12H12F2N4O. The maximum absolute atomic E-state index is 13.5. The number of rotatable bonds is 4. The van der Waals surface area contributed by atoms with Gasteiger partial charge in [0.2, 0.25) is 5.88 Å². The van der Waals surface area contributed by atoms with Crippen molar-refractivity contribution in [2.45, 2.75) is 6.92 Å². The van der Waals surface area contributed by atoms with E-state index in [4.69, 9.17) is 10.5 Å². The smallest absolute Gasteiger partial charge is 0.242 e. The molecule has 1 aromatic heterocycles.